The zero-order valence-electron chi connectivity index (χ0n) is 5.70. The van der Waals surface area contributed by atoms with Crippen LogP contribution in [0.2, 0.25) is 0 Å². The molecule has 0 heterocycles. The van der Waals surface area contributed by atoms with Gasteiger partial charge in [0.15, 0.2) is 0 Å². The third kappa shape index (κ3) is 4.80. The van der Waals surface area contributed by atoms with E-state index in [2.05, 4.69) is 17.1 Å². The second-order valence-electron chi connectivity index (χ2n) is 1.89. The van der Waals surface area contributed by atoms with Crippen molar-refractivity contribution >= 4 is 26.9 Å². The summed E-state index contributed by atoms with van der Waals surface area (Å²) in [6.45, 7) is 3.40. The monoisotopic (exact) mass is 183 g/mol. The van der Waals surface area contributed by atoms with E-state index in [-0.39, 0.29) is 6.10 Å². The molecular formula is C4H9NO3S2. The van der Waals surface area contributed by atoms with Crippen LogP contribution in [0.5, 0.6) is 0 Å². The van der Waals surface area contributed by atoms with Crippen LogP contribution in [-0.4, -0.2) is 19.2 Å². The van der Waals surface area contributed by atoms with Crippen molar-refractivity contribution in [3.63, 3.8) is 0 Å². The summed E-state index contributed by atoms with van der Waals surface area (Å²) in [5.74, 6) is 0. The fourth-order valence-electron chi connectivity index (χ4n) is 0.183. The van der Waals surface area contributed by atoms with Gasteiger partial charge >= 0.3 is 0 Å². The Bertz CT molecular complexity index is 197. The quantitative estimate of drug-likeness (QED) is 0.500. The van der Waals surface area contributed by atoms with Crippen LogP contribution in [-0.2, 0) is 14.9 Å². The van der Waals surface area contributed by atoms with Gasteiger partial charge in [-0.2, -0.15) is 0 Å². The summed E-state index contributed by atoms with van der Waals surface area (Å²) < 4.78 is 21.6. The summed E-state index contributed by atoms with van der Waals surface area (Å²) in [5.41, 5.74) is 0. The SMILES string of the molecule is CC(C)ONS(=O)(=O)C=S. The molecule has 10 heavy (non-hydrogen) atoms. The molecule has 60 valence electrons. The number of thiocarbonyl (C=S) groups is 1. The Balaban J connectivity index is 3.81. The van der Waals surface area contributed by atoms with Gasteiger partial charge < -0.3 is 0 Å². The first-order valence-electron chi connectivity index (χ1n) is 2.60. The summed E-state index contributed by atoms with van der Waals surface area (Å²) in [6, 6.07) is 0. The molecule has 0 aromatic rings. The maximum atomic E-state index is 10.5. The maximum absolute atomic E-state index is 10.5. The lowest BCUT2D eigenvalue weighted by atomic mass is 10.5. The van der Waals surface area contributed by atoms with Crippen LogP contribution in [0, 0.1) is 0 Å². The van der Waals surface area contributed by atoms with E-state index < -0.39 is 10.0 Å². The average Bonchev–Trinajstić information content (AvgIpc) is 1.85. The van der Waals surface area contributed by atoms with Crippen LogP contribution in [0.4, 0.5) is 0 Å². The van der Waals surface area contributed by atoms with Crippen LogP contribution in [0.3, 0.4) is 0 Å². The van der Waals surface area contributed by atoms with Crippen LogP contribution in [0.1, 0.15) is 13.8 Å². The first-order valence-corrected chi connectivity index (χ1v) is 4.62. The van der Waals surface area contributed by atoms with Crippen LogP contribution >= 0.6 is 12.2 Å². The van der Waals surface area contributed by atoms with Gasteiger partial charge in [-0.1, -0.05) is 17.1 Å². The normalized spacial score (nSPS) is 11.9. The highest BCUT2D eigenvalue weighted by atomic mass is 32.2. The lowest BCUT2D eigenvalue weighted by Gasteiger charge is -2.04. The van der Waals surface area contributed by atoms with E-state index in [0.717, 1.165) is 0 Å². The molecule has 0 spiro atoms. The Labute approximate surface area is 65.6 Å². The lowest BCUT2D eigenvalue weighted by molar-refractivity contribution is 0.0421. The Morgan fingerprint density at radius 1 is 1.60 bits per heavy atom. The van der Waals surface area contributed by atoms with Crippen molar-refractivity contribution in [2.75, 3.05) is 0 Å². The van der Waals surface area contributed by atoms with E-state index in [1.165, 1.54) is 0 Å². The van der Waals surface area contributed by atoms with Crippen molar-refractivity contribution in [2.24, 2.45) is 0 Å². The van der Waals surface area contributed by atoms with Gasteiger partial charge in [-0.25, -0.2) is 8.42 Å². The average molecular weight is 183 g/mol. The summed E-state index contributed by atoms with van der Waals surface area (Å²) in [5, 5.41) is 0. The Kier molecular flexibility index (Phi) is 3.95. The van der Waals surface area contributed by atoms with Gasteiger partial charge in [0.25, 0.3) is 10.0 Å². The molecule has 0 aromatic carbocycles. The van der Waals surface area contributed by atoms with Crippen molar-refractivity contribution in [1.29, 1.82) is 0 Å². The number of hydrogen-bond donors (Lipinski definition) is 1. The highest BCUT2D eigenvalue weighted by molar-refractivity contribution is 8.13. The third-order valence-corrected chi connectivity index (χ3v) is 1.87. The topological polar surface area (TPSA) is 55.4 Å². The number of nitrogens with one attached hydrogen (secondary N) is 1. The Hall–Kier alpha value is -0.0400. The second-order valence-corrected chi connectivity index (χ2v) is 3.92. The molecule has 0 aliphatic rings. The second kappa shape index (κ2) is 3.97. The molecule has 0 unspecified atom stereocenters. The first-order chi connectivity index (χ1) is 4.48. The molecule has 0 fully saturated rings. The predicted molar refractivity (Wildman–Crippen MR) is 41.9 cm³/mol. The van der Waals surface area contributed by atoms with Crippen LogP contribution < -0.4 is 4.89 Å². The smallest absolute Gasteiger partial charge is 0.265 e. The number of rotatable bonds is 4. The van der Waals surface area contributed by atoms with Gasteiger partial charge in [0.1, 0.15) is 4.70 Å². The highest BCUT2D eigenvalue weighted by Crippen LogP contribution is 1.85. The molecule has 6 heteroatoms. The fourth-order valence-corrected chi connectivity index (χ4v) is 0.667. The molecule has 0 rings (SSSR count). The summed E-state index contributed by atoms with van der Waals surface area (Å²) in [4.78, 5) is 6.38. The van der Waals surface area contributed by atoms with Crippen molar-refractivity contribution in [3.8, 4) is 0 Å². The molecule has 0 saturated heterocycles. The first kappa shape index (κ1) is 9.96. The van der Waals surface area contributed by atoms with E-state index >= 15 is 0 Å². The highest BCUT2D eigenvalue weighted by Gasteiger charge is 2.04. The van der Waals surface area contributed by atoms with Crippen molar-refractivity contribution in [3.05, 3.63) is 0 Å². The zero-order valence-corrected chi connectivity index (χ0v) is 7.33. The Morgan fingerprint density at radius 2 is 2.10 bits per heavy atom. The largest absolute Gasteiger partial charge is 0.284 e. The minimum Gasteiger partial charge on any atom is -0.284 e. The van der Waals surface area contributed by atoms with Gasteiger partial charge in [0.05, 0.1) is 6.10 Å². The van der Waals surface area contributed by atoms with Gasteiger partial charge in [-0.15, -0.1) is 0 Å². The Morgan fingerprint density at radius 3 is 2.40 bits per heavy atom. The summed E-state index contributed by atoms with van der Waals surface area (Å²) >= 11 is 4.18. The molecule has 1 N–H and O–H groups in total. The fraction of sp³-hybridized carbons (Fsp3) is 0.750. The van der Waals surface area contributed by atoms with Crippen LogP contribution in [0.25, 0.3) is 0 Å². The van der Waals surface area contributed by atoms with Crippen molar-refractivity contribution in [1.82, 2.24) is 4.89 Å². The minimum atomic E-state index is -3.50. The molecule has 0 aliphatic carbocycles. The molecule has 0 amide bonds. The molecular weight excluding hydrogens is 174 g/mol. The van der Waals surface area contributed by atoms with E-state index in [4.69, 9.17) is 0 Å². The lowest BCUT2D eigenvalue weighted by Crippen LogP contribution is -2.27. The van der Waals surface area contributed by atoms with Gasteiger partial charge in [0, 0.05) is 0 Å². The summed E-state index contributed by atoms with van der Waals surface area (Å²) in [6.07, 6.45) is -0.190. The van der Waals surface area contributed by atoms with Gasteiger partial charge in [-0.3, -0.25) is 4.84 Å². The van der Waals surface area contributed by atoms with E-state index in [1.807, 2.05) is 4.89 Å². The van der Waals surface area contributed by atoms with Gasteiger partial charge in [0.2, 0.25) is 0 Å². The number of hydrogen-bond acceptors (Lipinski definition) is 4. The molecule has 0 atom stereocenters. The van der Waals surface area contributed by atoms with Crippen molar-refractivity contribution in [2.45, 2.75) is 20.0 Å². The van der Waals surface area contributed by atoms with Crippen LogP contribution in [0.15, 0.2) is 0 Å². The molecule has 0 radical (unpaired) electrons. The van der Waals surface area contributed by atoms with Gasteiger partial charge in [-0.05, 0) is 13.8 Å². The molecule has 4 nitrogen and oxygen atoms in total. The minimum absolute atomic E-state index is 0.190. The molecule has 0 aromatic heterocycles. The third-order valence-electron chi connectivity index (χ3n) is 0.527. The summed E-state index contributed by atoms with van der Waals surface area (Å²) in [7, 11) is -3.50. The maximum Gasteiger partial charge on any atom is 0.265 e. The predicted octanol–water partition coefficient (Wildman–Crippen LogP) is 0.203. The molecule has 0 saturated carbocycles. The van der Waals surface area contributed by atoms with E-state index in [0.29, 0.717) is 4.70 Å². The molecule has 0 aliphatic heterocycles. The number of sulfonamides is 1. The van der Waals surface area contributed by atoms with E-state index in [1.54, 1.807) is 13.8 Å². The van der Waals surface area contributed by atoms with Crippen molar-refractivity contribution < 1.29 is 13.3 Å². The van der Waals surface area contributed by atoms with E-state index in [9.17, 15) is 8.42 Å². The molecule has 0 bridgehead atoms. The standard InChI is InChI=1S/C4H9NO3S2/c1-4(2)8-5-10(6,7)3-9/h3-5H,1-2H3. The zero-order chi connectivity index (χ0) is 8.20.